The third-order valence-corrected chi connectivity index (χ3v) is 6.87. The van der Waals surface area contributed by atoms with Gasteiger partial charge in [0.05, 0.1) is 23.8 Å². The predicted octanol–water partition coefficient (Wildman–Crippen LogP) is 2.99. The Morgan fingerprint density at radius 3 is 2.66 bits per heavy atom. The van der Waals surface area contributed by atoms with Gasteiger partial charge in [-0.25, -0.2) is 4.79 Å². The molecule has 0 aliphatic carbocycles. The van der Waals surface area contributed by atoms with Gasteiger partial charge in [-0.15, -0.1) is 0 Å². The molecule has 0 aromatic heterocycles. The summed E-state index contributed by atoms with van der Waals surface area (Å²) in [6, 6.07) is 15.5. The standard InChI is InChI=1S/C24H23ClN4O3/c25-19-3-1-2-17(10-26)23(19)16-6-4-15(5-7-16)18-11-29(12-18)24(31)28-9-8-21-20(13-28)27-22(30)14-32-21/h1-7,18,20-21H,8-9,11-14H2,(H,27,30)/t20-,21+/m1/s1. The second kappa shape index (κ2) is 8.45. The number of nitrogens with one attached hydrogen (secondary N) is 1. The predicted molar refractivity (Wildman–Crippen MR) is 119 cm³/mol. The molecule has 0 spiro atoms. The van der Waals surface area contributed by atoms with Crippen LogP contribution >= 0.6 is 11.6 Å². The Labute approximate surface area is 191 Å². The van der Waals surface area contributed by atoms with Crippen LogP contribution in [0, 0.1) is 11.3 Å². The third-order valence-electron chi connectivity index (χ3n) is 6.55. The van der Waals surface area contributed by atoms with E-state index in [0.29, 0.717) is 36.8 Å². The number of halogens is 1. The number of fused-ring (bicyclic) bond motifs is 1. The summed E-state index contributed by atoms with van der Waals surface area (Å²) in [5.41, 5.74) is 3.36. The van der Waals surface area contributed by atoms with Crippen molar-refractivity contribution >= 4 is 23.5 Å². The number of nitriles is 1. The fraction of sp³-hybridized carbons (Fsp3) is 0.375. The lowest BCUT2D eigenvalue weighted by molar-refractivity contribution is -0.139. The molecule has 0 radical (unpaired) electrons. The number of carbonyl (C=O) groups is 2. The van der Waals surface area contributed by atoms with E-state index >= 15 is 0 Å². The van der Waals surface area contributed by atoms with Crippen LogP contribution in [-0.4, -0.2) is 66.7 Å². The van der Waals surface area contributed by atoms with Crippen LogP contribution < -0.4 is 5.32 Å². The van der Waals surface area contributed by atoms with Crippen LogP contribution in [0.25, 0.3) is 11.1 Å². The van der Waals surface area contributed by atoms with Crippen molar-refractivity contribution in [1.29, 1.82) is 5.26 Å². The van der Waals surface area contributed by atoms with Crippen LogP contribution in [0.2, 0.25) is 5.02 Å². The van der Waals surface area contributed by atoms with Gasteiger partial charge >= 0.3 is 6.03 Å². The van der Waals surface area contributed by atoms with E-state index < -0.39 is 0 Å². The second-order valence-corrected chi connectivity index (χ2v) is 8.95. The summed E-state index contributed by atoms with van der Waals surface area (Å²) in [6.07, 6.45) is 0.737. The van der Waals surface area contributed by atoms with Crippen LogP contribution in [0.3, 0.4) is 0 Å². The Hall–Kier alpha value is -3.08. The Morgan fingerprint density at radius 2 is 1.91 bits per heavy atom. The highest BCUT2D eigenvalue weighted by Gasteiger charge is 2.40. The van der Waals surface area contributed by atoms with Gasteiger partial charge in [0.25, 0.3) is 0 Å². The van der Waals surface area contributed by atoms with Gasteiger partial charge in [-0.3, -0.25) is 4.79 Å². The van der Waals surface area contributed by atoms with E-state index in [9.17, 15) is 14.9 Å². The molecule has 3 fully saturated rings. The van der Waals surface area contributed by atoms with Gasteiger partial charge in [-0.2, -0.15) is 5.26 Å². The molecular formula is C24H23ClN4O3. The third kappa shape index (κ3) is 3.81. The lowest BCUT2D eigenvalue weighted by atomic mass is 9.89. The molecule has 164 valence electrons. The maximum absolute atomic E-state index is 12.9. The summed E-state index contributed by atoms with van der Waals surface area (Å²) in [7, 11) is 0. The Morgan fingerprint density at radius 1 is 1.12 bits per heavy atom. The number of nitrogens with zero attached hydrogens (tertiary/aromatic N) is 3. The lowest BCUT2D eigenvalue weighted by Crippen LogP contribution is -2.63. The highest BCUT2D eigenvalue weighted by atomic mass is 35.5. The molecule has 2 aromatic carbocycles. The molecule has 8 heteroatoms. The number of carbonyl (C=O) groups excluding carboxylic acids is 2. The first-order chi connectivity index (χ1) is 15.5. The molecule has 7 nitrogen and oxygen atoms in total. The number of hydrogen-bond acceptors (Lipinski definition) is 4. The summed E-state index contributed by atoms with van der Waals surface area (Å²) in [6.45, 7) is 2.58. The van der Waals surface area contributed by atoms with Gasteiger partial charge in [0.1, 0.15) is 6.61 Å². The second-order valence-electron chi connectivity index (χ2n) is 8.54. The molecule has 3 saturated heterocycles. The number of amides is 3. The maximum Gasteiger partial charge on any atom is 0.320 e. The molecule has 0 unspecified atom stereocenters. The summed E-state index contributed by atoms with van der Waals surface area (Å²) in [5, 5.41) is 12.9. The first-order valence-corrected chi connectivity index (χ1v) is 11.1. The lowest BCUT2D eigenvalue weighted by Gasteiger charge is -2.46. The Bertz CT molecular complexity index is 1090. The van der Waals surface area contributed by atoms with E-state index in [0.717, 1.165) is 23.1 Å². The fourth-order valence-corrected chi connectivity index (χ4v) is 5.04. The van der Waals surface area contributed by atoms with Crippen LogP contribution in [0.15, 0.2) is 42.5 Å². The highest BCUT2D eigenvalue weighted by Crippen LogP contribution is 2.34. The number of hydrogen-bond donors (Lipinski definition) is 1. The van der Waals surface area contributed by atoms with Crippen LogP contribution in [-0.2, 0) is 9.53 Å². The van der Waals surface area contributed by atoms with Crippen molar-refractivity contribution in [3.63, 3.8) is 0 Å². The van der Waals surface area contributed by atoms with Gasteiger partial charge in [0, 0.05) is 42.7 Å². The molecule has 1 N–H and O–H groups in total. The molecule has 0 saturated carbocycles. The first kappa shape index (κ1) is 20.8. The molecule has 3 aliphatic rings. The smallest absolute Gasteiger partial charge is 0.320 e. The van der Waals surface area contributed by atoms with E-state index in [1.54, 1.807) is 18.2 Å². The zero-order chi connectivity index (χ0) is 22.2. The number of ether oxygens (including phenoxy) is 1. The van der Waals surface area contributed by atoms with Crippen molar-refractivity contribution in [3.8, 4) is 17.2 Å². The van der Waals surface area contributed by atoms with E-state index in [1.165, 1.54) is 0 Å². The number of likely N-dealkylation sites (tertiary alicyclic amines) is 2. The Kier molecular flexibility index (Phi) is 5.50. The van der Waals surface area contributed by atoms with Gasteiger partial charge in [-0.05, 0) is 29.7 Å². The SMILES string of the molecule is N#Cc1cccc(Cl)c1-c1ccc(C2CN(C(=O)N3CC[C@@H]4OCC(=O)N[C@@H]4C3)C2)cc1. The van der Waals surface area contributed by atoms with Gasteiger partial charge in [0.2, 0.25) is 5.91 Å². The number of morpholine rings is 1. The molecule has 3 heterocycles. The number of urea groups is 1. The summed E-state index contributed by atoms with van der Waals surface area (Å²) in [4.78, 5) is 28.2. The van der Waals surface area contributed by atoms with Crippen molar-refractivity contribution in [3.05, 3.63) is 58.6 Å². The summed E-state index contributed by atoms with van der Waals surface area (Å²) >= 11 is 6.33. The van der Waals surface area contributed by atoms with E-state index in [1.807, 2.05) is 34.1 Å². The zero-order valence-electron chi connectivity index (χ0n) is 17.5. The average Bonchev–Trinajstić information content (AvgIpc) is 2.78. The average molecular weight is 451 g/mol. The molecule has 2 aromatic rings. The molecule has 3 aliphatic heterocycles. The van der Waals surface area contributed by atoms with Crippen molar-refractivity contribution in [2.75, 3.05) is 32.8 Å². The molecule has 3 amide bonds. The largest absolute Gasteiger partial charge is 0.366 e. The molecular weight excluding hydrogens is 428 g/mol. The van der Waals surface area contributed by atoms with Gasteiger partial charge < -0.3 is 19.9 Å². The monoisotopic (exact) mass is 450 g/mol. The zero-order valence-corrected chi connectivity index (χ0v) is 18.2. The number of piperidine rings is 1. The number of rotatable bonds is 2. The fourth-order valence-electron chi connectivity index (χ4n) is 4.75. The molecule has 5 rings (SSSR count). The van der Waals surface area contributed by atoms with Gasteiger partial charge in [0.15, 0.2) is 0 Å². The summed E-state index contributed by atoms with van der Waals surface area (Å²) < 4.78 is 5.57. The molecule has 0 bridgehead atoms. The van der Waals surface area contributed by atoms with Crippen LogP contribution in [0.4, 0.5) is 4.79 Å². The van der Waals surface area contributed by atoms with Crippen molar-refractivity contribution in [1.82, 2.24) is 15.1 Å². The first-order valence-electron chi connectivity index (χ1n) is 10.8. The summed E-state index contributed by atoms with van der Waals surface area (Å²) in [5.74, 6) is 0.164. The van der Waals surface area contributed by atoms with Crippen LogP contribution in [0.5, 0.6) is 0 Å². The van der Waals surface area contributed by atoms with E-state index in [-0.39, 0.29) is 36.6 Å². The minimum absolute atomic E-state index is 0.000860. The maximum atomic E-state index is 12.9. The Balaban J connectivity index is 1.20. The van der Waals surface area contributed by atoms with Gasteiger partial charge in [-0.1, -0.05) is 41.9 Å². The quantitative estimate of drug-likeness (QED) is 0.762. The van der Waals surface area contributed by atoms with Crippen molar-refractivity contribution in [2.45, 2.75) is 24.5 Å². The minimum Gasteiger partial charge on any atom is -0.366 e. The van der Waals surface area contributed by atoms with E-state index in [4.69, 9.17) is 16.3 Å². The van der Waals surface area contributed by atoms with Crippen LogP contribution in [0.1, 0.15) is 23.5 Å². The van der Waals surface area contributed by atoms with Crippen molar-refractivity contribution < 1.29 is 14.3 Å². The topological polar surface area (TPSA) is 85.7 Å². The van der Waals surface area contributed by atoms with E-state index in [2.05, 4.69) is 11.4 Å². The molecule has 32 heavy (non-hydrogen) atoms. The van der Waals surface area contributed by atoms with Crippen molar-refractivity contribution in [2.24, 2.45) is 0 Å². The number of benzene rings is 2. The highest BCUT2D eigenvalue weighted by molar-refractivity contribution is 6.33. The normalized spacial score (nSPS) is 23.1. The molecule has 2 atom stereocenters. The minimum atomic E-state index is -0.123.